The van der Waals surface area contributed by atoms with Gasteiger partial charge in [0.2, 0.25) is 0 Å². The van der Waals surface area contributed by atoms with Crippen LogP contribution in [0.1, 0.15) is 6.42 Å². The van der Waals surface area contributed by atoms with E-state index in [4.69, 9.17) is 8.23 Å². The highest BCUT2D eigenvalue weighted by atomic mass is 28.5. The van der Waals surface area contributed by atoms with E-state index in [1.807, 2.05) is 0 Å². The van der Waals surface area contributed by atoms with E-state index in [-0.39, 0.29) is 0 Å². The van der Waals surface area contributed by atoms with Crippen molar-refractivity contribution in [3.8, 4) is 0 Å². The zero-order chi connectivity index (χ0) is 16.1. The molecule has 6 heteroatoms. The SMILES string of the molecule is C[Si](C)(C)O[Si](C)(CCC[n+]1ccccc1)O[Si](C)(C)C. The van der Waals surface area contributed by atoms with Crippen molar-refractivity contribution < 1.29 is 12.8 Å². The van der Waals surface area contributed by atoms with Crippen LogP contribution in [0.15, 0.2) is 30.6 Å². The second kappa shape index (κ2) is 7.32. The Kier molecular flexibility index (Phi) is 6.55. The number of hydrogen-bond donors (Lipinski definition) is 0. The Morgan fingerprint density at radius 2 is 1.24 bits per heavy atom. The van der Waals surface area contributed by atoms with Crippen molar-refractivity contribution in [2.45, 2.75) is 64.8 Å². The normalized spacial score (nSPS) is 13.5. The Labute approximate surface area is 133 Å². The highest BCUT2D eigenvalue weighted by molar-refractivity contribution is 6.87. The first-order valence-corrected chi connectivity index (χ1v) is 17.2. The molecular weight excluding hydrogens is 310 g/mol. The van der Waals surface area contributed by atoms with Crippen molar-refractivity contribution in [3.63, 3.8) is 0 Å². The first kappa shape index (κ1) is 18.8. The van der Waals surface area contributed by atoms with Crippen molar-refractivity contribution >= 4 is 25.2 Å². The standard InChI is InChI=1S/C15H32NO2Si3/c1-19(2,3)17-21(7,18-20(4,5)6)15-11-14-16-12-9-8-10-13-16/h8-10,12-13H,11,14-15H2,1-7H3/q+1. The van der Waals surface area contributed by atoms with Crippen molar-refractivity contribution in [3.05, 3.63) is 30.6 Å². The van der Waals surface area contributed by atoms with E-state index in [1.54, 1.807) is 0 Å². The molecule has 0 saturated heterocycles. The van der Waals surface area contributed by atoms with Gasteiger partial charge < -0.3 is 8.23 Å². The number of rotatable bonds is 8. The monoisotopic (exact) mass is 342 g/mol. The molecule has 0 aliphatic rings. The summed E-state index contributed by atoms with van der Waals surface area (Å²) in [7, 11) is -5.20. The van der Waals surface area contributed by atoms with E-state index >= 15 is 0 Å². The molecular formula is C15H32NO2Si3+. The average Bonchev–Trinajstić information content (AvgIpc) is 2.24. The van der Waals surface area contributed by atoms with Gasteiger partial charge in [0.1, 0.15) is 6.54 Å². The first-order valence-electron chi connectivity index (χ1n) is 7.84. The second-order valence-corrected chi connectivity index (χ2v) is 20.6. The maximum absolute atomic E-state index is 6.52. The molecule has 0 fully saturated rings. The highest BCUT2D eigenvalue weighted by Gasteiger charge is 2.39. The van der Waals surface area contributed by atoms with Crippen LogP contribution in [0.5, 0.6) is 0 Å². The molecule has 0 bridgehead atoms. The molecule has 1 aromatic heterocycles. The second-order valence-electron chi connectivity index (χ2n) is 7.78. The minimum absolute atomic E-state index is 1.04. The number of aryl methyl sites for hydroxylation is 1. The lowest BCUT2D eigenvalue weighted by Crippen LogP contribution is -2.52. The predicted octanol–water partition coefficient (Wildman–Crippen LogP) is 4.14. The summed E-state index contributed by atoms with van der Waals surface area (Å²) in [6.45, 7) is 16.9. The fourth-order valence-corrected chi connectivity index (χ4v) is 15.1. The molecule has 0 aromatic carbocycles. The van der Waals surface area contributed by atoms with Gasteiger partial charge in [-0.2, -0.15) is 0 Å². The predicted molar refractivity (Wildman–Crippen MR) is 96.5 cm³/mol. The molecule has 0 unspecified atom stereocenters. The summed E-state index contributed by atoms with van der Waals surface area (Å²) in [6, 6.07) is 7.28. The van der Waals surface area contributed by atoms with Crippen LogP contribution >= 0.6 is 0 Å². The average molecular weight is 343 g/mol. The Morgan fingerprint density at radius 1 is 0.762 bits per heavy atom. The highest BCUT2D eigenvalue weighted by Crippen LogP contribution is 2.25. The maximum atomic E-state index is 6.52. The summed E-state index contributed by atoms with van der Waals surface area (Å²) >= 11 is 0. The van der Waals surface area contributed by atoms with Gasteiger partial charge in [-0.25, -0.2) is 4.57 Å². The molecule has 1 rings (SSSR count). The molecule has 0 amide bonds. The summed E-state index contributed by atoms with van der Waals surface area (Å²) in [5, 5.41) is 0. The molecule has 0 N–H and O–H groups in total. The molecule has 1 aromatic rings. The van der Waals surface area contributed by atoms with Gasteiger partial charge in [0, 0.05) is 18.6 Å². The fourth-order valence-electron chi connectivity index (χ4n) is 2.58. The van der Waals surface area contributed by atoms with Crippen molar-refractivity contribution in [1.82, 2.24) is 0 Å². The lowest BCUT2D eigenvalue weighted by atomic mass is 10.4. The van der Waals surface area contributed by atoms with Crippen molar-refractivity contribution in [1.29, 1.82) is 0 Å². The van der Waals surface area contributed by atoms with Gasteiger partial charge in [0.15, 0.2) is 29.0 Å². The molecule has 0 spiro atoms. The summed E-state index contributed by atoms with van der Waals surface area (Å²) < 4.78 is 15.3. The smallest absolute Gasteiger partial charge is 0.314 e. The quantitative estimate of drug-likeness (QED) is 0.523. The Hall–Kier alpha value is -0.279. The van der Waals surface area contributed by atoms with Crippen LogP contribution in [-0.4, -0.2) is 25.2 Å². The zero-order valence-electron chi connectivity index (χ0n) is 14.8. The van der Waals surface area contributed by atoms with Crippen LogP contribution < -0.4 is 4.57 Å². The van der Waals surface area contributed by atoms with Gasteiger partial charge in [-0.15, -0.1) is 0 Å². The van der Waals surface area contributed by atoms with Gasteiger partial charge in [0.05, 0.1) is 0 Å². The van der Waals surface area contributed by atoms with Gasteiger partial charge in [-0.1, -0.05) is 6.07 Å². The first-order chi connectivity index (χ1) is 9.49. The third kappa shape index (κ3) is 8.67. The van der Waals surface area contributed by atoms with Gasteiger partial charge >= 0.3 is 8.56 Å². The minimum atomic E-state index is -2.06. The van der Waals surface area contributed by atoms with Crippen molar-refractivity contribution in [2.24, 2.45) is 0 Å². The number of pyridine rings is 1. The number of nitrogens with zero attached hydrogens (tertiary/aromatic N) is 1. The Balaban J connectivity index is 2.64. The molecule has 1 heterocycles. The van der Waals surface area contributed by atoms with E-state index in [2.05, 4.69) is 81.0 Å². The van der Waals surface area contributed by atoms with Gasteiger partial charge in [-0.05, 0) is 51.9 Å². The van der Waals surface area contributed by atoms with Crippen LogP contribution in [0.3, 0.4) is 0 Å². The molecule has 0 atom stereocenters. The van der Waals surface area contributed by atoms with Crippen molar-refractivity contribution in [2.75, 3.05) is 0 Å². The third-order valence-corrected chi connectivity index (χ3v) is 12.5. The van der Waals surface area contributed by atoms with E-state index in [1.165, 1.54) is 0 Å². The molecule has 0 aliphatic carbocycles. The zero-order valence-corrected chi connectivity index (χ0v) is 17.8. The lowest BCUT2D eigenvalue weighted by Gasteiger charge is -2.38. The molecule has 3 nitrogen and oxygen atoms in total. The van der Waals surface area contributed by atoms with Gasteiger partial charge in [-0.3, -0.25) is 0 Å². The number of aromatic nitrogens is 1. The van der Waals surface area contributed by atoms with Crippen LogP contribution in [-0.2, 0) is 14.8 Å². The van der Waals surface area contributed by atoms with E-state index in [0.29, 0.717) is 0 Å². The van der Waals surface area contributed by atoms with Crippen LogP contribution in [0, 0.1) is 0 Å². The molecule has 120 valence electrons. The minimum Gasteiger partial charge on any atom is -0.437 e. The van der Waals surface area contributed by atoms with Crippen LogP contribution in [0.4, 0.5) is 0 Å². The van der Waals surface area contributed by atoms with Gasteiger partial charge in [0.25, 0.3) is 0 Å². The Bertz CT molecular complexity index is 411. The third-order valence-electron chi connectivity index (χ3n) is 2.87. The number of hydrogen-bond acceptors (Lipinski definition) is 2. The molecule has 21 heavy (non-hydrogen) atoms. The maximum Gasteiger partial charge on any atom is 0.314 e. The molecule has 0 radical (unpaired) electrons. The molecule has 0 saturated carbocycles. The molecule has 0 aliphatic heterocycles. The summed E-state index contributed by atoms with van der Waals surface area (Å²) in [5.74, 6) is 0. The van der Waals surface area contributed by atoms with E-state index in [9.17, 15) is 0 Å². The Morgan fingerprint density at radius 3 is 1.67 bits per heavy atom. The van der Waals surface area contributed by atoms with Crippen LogP contribution in [0.2, 0.25) is 51.9 Å². The van der Waals surface area contributed by atoms with E-state index in [0.717, 1.165) is 19.0 Å². The van der Waals surface area contributed by atoms with Crippen LogP contribution in [0.25, 0.3) is 0 Å². The summed E-state index contributed by atoms with van der Waals surface area (Å²) in [5.41, 5.74) is 0. The topological polar surface area (TPSA) is 22.3 Å². The summed E-state index contributed by atoms with van der Waals surface area (Å²) in [4.78, 5) is 0. The lowest BCUT2D eigenvalue weighted by molar-refractivity contribution is -0.697. The van der Waals surface area contributed by atoms with E-state index < -0.39 is 25.2 Å². The summed E-state index contributed by atoms with van der Waals surface area (Å²) in [6.07, 6.45) is 5.36. The fraction of sp³-hybridized carbons (Fsp3) is 0.667. The largest absolute Gasteiger partial charge is 0.437 e.